The Labute approximate surface area is 143 Å². The van der Waals surface area contributed by atoms with Crippen LogP contribution in [0.25, 0.3) is 0 Å². The zero-order valence-corrected chi connectivity index (χ0v) is 15.2. The molecule has 134 valence electrons. The molecule has 0 bridgehead atoms. The highest BCUT2D eigenvalue weighted by Crippen LogP contribution is 2.33. The van der Waals surface area contributed by atoms with E-state index in [1.807, 2.05) is 13.8 Å². The Morgan fingerprint density at radius 2 is 2.12 bits per heavy atom. The van der Waals surface area contributed by atoms with E-state index in [-0.39, 0.29) is 11.9 Å². The van der Waals surface area contributed by atoms with Crippen molar-refractivity contribution in [3.63, 3.8) is 0 Å². The van der Waals surface area contributed by atoms with Gasteiger partial charge in [0.2, 0.25) is 5.91 Å². The molecule has 0 spiro atoms. The van der Waals surface area contributed by atoms with Gasteiger partial charge in [0.25, 0.3) is 10.2 Å². The van der Waals surface area contributed by atoms with Crippen molar-refractivity contribution in [1.82, 2.24) is 23.9 Å². The van der Waals surface area contributed by atoms with E-state index in [2.05, 4.69) is 15.3 Å². The smallest absolute Gasteiger partial charge is 0.282 e. The summed E-state index contributed by atoms with van der Waals surface area (Å²) in [4.78, 5) is 19.8. The first-order chi connectivity index (χ1) is 11.4. The van der Waals surface area contributed by atoms with Crippen molar-refractivity contribution in [3.05, 3.63) is 23.8 Å². The van der Waals surface area contributed by atoms with E-state index in [1.54, 1.807) is 12.3 Å². The lowest BCUT2D eigenvalue weighted by atomic mass is 10.2. The molecule has 1 saturated heterocycles. The van der Waals surface area contributed by atoms with Crippen LogP contribution in [0, 0.1) is 0 Å². The summed E-state index contributed by atoms with van der Waals surface area (Å²) >= 11 is 0. The summed E-state index contributed by atoms with van der Waals surface area (Å²) in [7, 11) is -3.52. The van der Waals surface area contributed by atoms with Crippen molar-refractivity contribution in [1.29, 1.82) is 0 Å². The second kappa shape index (κ2) is 8.00. The minimum atomic E-state index is -3.52. The summed E-state index contributed by atoms with van der Waals surface area (Å²) in [5.41, 5.74) is 0.669. The third-order valence-corrected chi connectivity index (χ3v) is 6.28. The average Bonchev–Trinajstić information content (AvgIpc) is 3.04. The van der Waals surface area contributed by atoms with Crippen molar-refractivity contribution in [2.24, 2.45) is 0 Å². The number of carbonyl (C=O) groups excluding carboxylic acids is 1. The van der Waals surface area contributed by atoms with Crippen LogP contribution in [-0.2, 0) is 21.5 Å². The van der Waals surface area contributed by atoms with Gasteiger partial charge in [-0.1, -0.05) is 13.8 Å². The van der Waals surface area contributed by atoms with Crippen LogP contribution >= 0.6 is 0 Å². The highest BCUT2D eigenvalue weighted by atomic mass is 32.2. The number of nitrogens with one attached hydrogen (secondary N) is 1. The molecule has 1 fully saturated rings. The molecule has 1 amide bonds. The van der Waals surface area contributed by atoms with Crippen LogP contribution in [0.4, 0.5) is 0 Å². The molecule has 0 radical (unpaired) electrons. The van der Waals surface area contributed by atoms with Gasteiger partial charge in [0, 0.05) is 32.8 Å². The Morgan fingerprint density at radius 1 is 1.42 bits per heavy atom. The highest BCUT2D eigenvalue weighted by molar-refractivity contribution is 7.86. The lowest BCUT2D eigenvalue weighted by Crippen LogP contribution is -2.43. The third-order valence-electron chi connectivity index (χ3n) is 4.08. The maximum Gasteiger partial charge on any atom is 0.282 e. The summed E-state index contributed by atoms with van der Waals surface area (Å²) in [6.07, 6.45) is 3.09. The second-order valence-corrected chi connectivity index (χ2v) is 7.56. The van der Waals surface area contributed by atoms with Crippen LogP contribution in [0.2, 0.25) is 0 Å². The van der Waals surface area contributed by atoms with Crippen LogP contribution in [0.1, 0.15) is 51.2 Å². The molecule has 1 aliphatic rings. The van der Waals surface area contributed by atoms with Crippen molar-refractivity contribution in [3.8, 4) is 0 Å². The van der Waals surface area contributed by atoms with Crippen LogP contribution < -0.4 is 5.32 Å². The predicted molar refractivity (Wildman–Crippen MR) is 90.1 cm³/mol. The molecule has 1 N–H and O–H groups in total. The fourth-order valence-electron chi connectivity index (χ4n) is 2.86. The fraction of sp³-hybridized carbons (Fsp3) is 0.667. The molecule has 24 heavy (non-hydrogen) atoms. The van der Waals surface area contributed by atoms with Crippen molar-refractivity contribution in [2.45, 2.75) is 46.2 Å². The van der Waals surface area contributed by atoms with Crippen LogP contribution in [0.3, 0.4) is 0 Å². The van der Waals surface area contributed by atoms with Gasteiger partial charge in [-0.15, -0.1) is 0 Å². The Kier molecular flexibility index (Phi) is 6.25. The van der Waals surface area contributed by atoms with E-state index >= 15 is 0 Å². The first-order valence-corrected chi connectivity index (χ1v) is 9.63. The molecule has 0 unspecified atom stereocenters. The summed E-state index contributed by atoms with van der Waals surface area (Å²) < 4.78 is 28.6. The summed E-state index contributed by atoms with van der Waals surface area (Å²) in [6.45, 7) is 6.75. The third kappa shape index (κ3) is 4.08. The first kappa shape index (κ1) is 18.8. The van der Waals surface area contributed by atoms with Gasteiger partial charge in [-0.05, 0) is 18.9 Å². The van der Waals surface area contributed by atoms with Crippen molar-refractivity contribution in [2.75, 3.05) is 19.6 Å². The van der Waals surface area contributed by atoms with Gasteiger partial charge in [-0.2, -0.15) is 17.0 Å². The number of amides is 1. The molecule has 1 aromatic rings. The number of rotatable bonds is 7. The minimum absolute atomic E-state index is 0.137. The topological polar surface area (TPSA) is 95.5 Å². The highest BCUT2D eigenvalue weighted by Gasteiger charge is 2.39. The first-order valence-electron chi connectivity index (χ1n) is 8.23. The van der Waals surface area contributed by atoms with E-state index < -0.39 is 10.2 Å². The molecule has 2 rings (SSSR count). The maximum absolute atomic E-state index is 12.8. The van der Waals surface area contributed by atoms with E-state index in [1.165, 1.54) is 15.5 Å². The Morgan fingerprint density at radius 3 is 2.75 bits per heavy atom. The van der Waals surface area contributed by atoms with E-state index in [0.29, 0.717) is 44.1 Å². The van der Waals surface area contributed by atoms with Crippen LogP contribution in [0.5, 0.6) is 0 Å². The number of nitrogens with zero attached hydrogens (tertiary/aromatic N) is 4. The van der Waals surface area contributed by atoms with Gasteiger partial charge >= 0.3 is 0 Å². The largest absolute Gasteiger partial charge is 0.351 e. The van der Waals surface area contributed by atoms with Crippen molar-refractivity contribution < 1.29 is 13.2 Å². The normalized spacial score (nSPS) is 18.9. The Bertz CT molecular complexity index is 675. The SMILES string of the molecule is CCN(CC)S(=O)(=O)N1CCC[C@@H]1c1nccc(CNC(C)=O)n1. The zero-order valence-electron chi connectivity index (χ0n) is 14.4. The maximum atomic E-state index is 12.8. The van der Waals surface area contributed by atoms with E-state index in [9.17, 15) is 13.2 Å². The molecule has 0 aliphatic carbocycles. The lowest BCUT2D eigenvalue weighted by Gasteiger charge is -2.29. The zero-order chi connectivity index (χ0) is 17.7. The quantitative estimate of drug-likeness (QED) is 0.782. The Balaban J connectivity index is 2.24. The number of hydrogen-bond acceptors (Lipinski definition) is 5. The van der Waals surface area contributed by atoms with Crippen LogP contribution in [-0.4, -0.2) is 52.5 Å². The molecule has 2 heterocycles. The summed E-state index contributed by atoms with van der Waals surface area (Å²) in [6, 6.07) is 1.37. The molecule has 0 aromatic carbocycles. The average molecular weight is 355 g/mol. The van der Waals surface area contributed by atoms with E-state index in [4.69, 9.17) is 0 Å². The second-order valence-electron chi connectivity index (χ2n) is 5.68. The number of carbonyl (C=O) groups is 1. The molecular formula is C15H25N5O3S. The van der Waals surface area contributed by atoms with Crippen molar-refractivity contribution >= 4 is 16.1 Å². The lowest BCUT2D eigenvalue weighted by molar-refractivity contribution is -0.119. The molecule has 9 heteroatoms. The van der Waals surface area contributed by atoms with Crippen LogP contribution in [0.15, 0.2) is 12.3 Å². The van der Waals surface area contributed by atoms with Gasteiger partial charge < -0.3 is 5.32 Å². The Hall–Kier alpha value is -1.58. The van der Waals surface area contributed by atoms with E-state index in [0.717, 1.165) is 6.42 Å². The monoisotopic (exact) mass is 355 g/mol. The molecule has 8 nitrogen and oxygen atoms in total. The molecular weight excluding hydrogens is 330 g/mol. The van der Waals surface area contributed by atoms with Gasteiger partial charge in [0.15, 0.2) is 0 Å². The molecule has 1 aromatic heterocycles. The minimum Gasteiger partial charge on any atom is -0.351 e. The predicted octanol–water partition coefficient (Wildman–Crippen LogP) is 0.836. The standard InChI is InChI=1S/C15H25N5O3S/c1-4-19(5-2)24(22,23)20-10-6-7-14(20)15-16-9-8-13(18-15)11-17-12(3)21/h8-9,14H,4-7,10-11H2,1-3H3,(H,17,21)/t14-/m1/s1. The van der Waals surface area contributed by atoms with Gasteiger partial charge in [-0.25, -0.2) is 9.97 Å². The number of aromatic nitrogens is 2. The summed E-state index contributed by atoms with van der Waals surface area (Å²) in [5.74, 6) is 0.354. The summed E-state index contributed by atoms with van der Waals surface area (Å²) in [5, 5.41) is 2.69. The van der Waals surface area contributed by atoms with Gasteiger partial charge in [0.05, 0.1) is 18.3 Å². The molecule has 1 atom stereocenters. The molecule has 0 saturated carbocycles. The van der Waals surface area contributed by atoms with Gasteiger partial charge in [-0.3, -0.25) is 4.79 Å². The van der Waals surface area contributed by atoms with Gasteiger partial charge in [0.1, 0.15) is 5.82 Å². The number of hydrogen-bond donors (Lipinski definition) is 1. The fourth-order valence-corrected chi connectivity index (χ4v) is 4.69. The molecule has 1 aliphatic heterocycles.